The van der Waals surface area contributed by atoms with Gasteiger partial charge in [-0.05, 0) is 41.7 Å². The van der Waals surface area contributed by atoms with Gasteiger partial charge in [0.2, 0.25) is 0 Å². The van der Waals surface area contributed by atoms with Crippen LogP contribution in [-0.4, -0.2) is 18.7 Å². The minimum absolute atomic E-state index is 0.179. The van der Waals surface area contributed by atoms with Crippen LogP contribution in [0.1, 0.15) is 36.5 Å². The maximum absolute atomic E-state index is 11.7. The molecule has 0 atom stereocenters. The van der Waals surface area contributed by atoms with Crippen molar-refractivity contribution in [1.82, 2.24) is 5.43 Å². The molecule has 0 saturated carbocycles. The van der Waals surface area contributed by atoms with Crippen molar-refractivity contribution >= 4 is 17.8 Å². The number of carbonyl (C=O) groups excluding carboxylic acids is 1. The minimum Gasteiger partial charge on any atom is -0.376 e. The molecule has 4 nitrogen and oxygen atoms in total. The normalized spacial score (nSPS) is 11.0. The maximum Gasteiger partial charge on any atom is 0.259 e. The second kappa shape index (κ2) is 8.13. The first-order valence-electron chi connectivity index (χ1n) is 7.77. The van der Waals surface area contributed by atoms with Crippen molar-refractivity contribution in [3.63, 3.8) is 0 Å². The van der Waals surface area contributed by atoms with E-state index in [1.54, 1.807) is 6.21 Å². The van der Waals surface area contributed by atoms with E-state index in [0.29, 0.717) is 5.92 Å². The van der Waals surface area contributed by atoms with Gasteiger partial charge in [-0.1, -0.05) is 50.2 Å². The number of nitrogens with one attached hydrogen (secondary N) is 2. The van der Waals surface area contributed by atoms with E-state index < -0.39 is 0 Å². The first-order chi connectivity index (χ1) is 11.0. The molecule has 0 aliphatic rings. The van der Waals surface area contributed by atoms with Crippen molar-refractivity contribution in [2.24, 2.45) is 5.10 Å². The highest BCUT2D eigenvalue weighted by atomic mass is 16.2. The third kappa shape index (κ3) is 5.58. The summed E-state index contributed by atoms with van der Waals surface area (Å²) < 4.78 is 0. The van der Waals surface area contributed by atoms with Crippen LogP contribution in [0.4, 0.5) is 5.69 Å². The van der Waals surface area contributed by atoms with Crippen LogP contribution in [0.5, 0.6) is 0 Å². The van der Waals surface area contributed by atoms with Crippen LogP contribution in [0, 0.1) is 6.92 Å². The van der Waals surface area contributed by atoms with Crippen molar-refractivity contribution in [1.29, 1.82) is 0 Å². The number of nitrogens with zero attached hydrogens (tertiary/aromatic N) is 1. The number of carbonyl (C=O) groups is 1. The summed E-state index contributed by atoms with van der Waals surface area (Å²) in [6.07, 6.45) is 1.65. The average Bonchev–Trinajstić information content (AvgIpc) is 2.53. The Morgan fingerprint density at radius 2 is 1.91 bits per heavy atom. The molecular formula is C19H23N3O. The van der Waals surface area contributed by atoms with Gasteiger partial charge in [-0.25, -0.2) is 5.43 Å². The van der Waals surface area contributed by atoms with E-state index >= 15 is 0 Å². The molecule has 23 heavy (non-hydrogen) atoms. The Kier molecular flexibility index (Phi) is 5.92. The van der Waals surface area contributed by atoms with Gasteiger partial charge in [0.25, 0.3) is 5.91 Å². The molecule has 2 rings (SSSR count). The quantitative estimate of drug-likeness (QED) is 0.632. The molecule has 0 bridgehead atoms. The lowest BCUT2D eigenvalue weighted by molar-refractivity contribution is -0.119. The maximum atomic E-state index is 11.7. The predicted octanol–water partition coefficient (Wildman–Crippen LogP) is 3.68. The molecule has 0 spiro atoms. The summed E-state index contributed by atoms with van der Waals surface area (Å²) in [6.45, 7) is 6.52. The molecule has 1 amide bonds. The number of benzene rings is 2. The molecule has 0 aliphatic heterocycles. The van der Waals surface area contributed by atoms with Crippen molar-refractivity contribution in [3.8, 4) is 0 Å². The molecule has 4 heteroatoms. The van der Waals surface area contributed by atoms with E-state index in [4.69, 9.17) is 0 Å². The Labute approximate surface area is 137 Å². The van der Waals surface area contributed by atoms with Gasteiger partial charge in [-0.3, -0.25) is 4.79 Å². The number of hydrogen-bond acceptors (Lipinski definition) is 3. The second-order valence-corrected chi connectivity index (χ2v) is 5.84. The van der Waals surface area contributed by atoms with Crippen molar-refractivity contribution in [2.45, 2.75) is 26.7 Å². The standard InChI is InChI=1S/C19H23N3O/c1-14(2)17-9-7-16(8-10-17)12-21-22-19(23)13-20-18-6-4-5-15(3)11-18/h4-12,14,20H,13H2,1-3H3,(H,22,23). The Morgan fingerprint density at radius 3 is 2.57 bits per heavy atom. The highest BCUT2D eigenvalue weighted by Gasteiger charge is 2.00. The average molecular weight is 309 g/mol. The zero-order valence-electron chi connectivity index (χ0n) is 13.8. The summed E-state index contributed by atoms with van der Waals surface area (Å²) in [4.78, 5) is 11.7. The zero-order chi connectivity index (χ0) is 16.7. The number of aryl methyl sites for hydroxylation is 1. The van der Waals surface area contributed by atoms with E-state index in [-0.39, 0.29) is 12.5 Å². The smallest absolute Gasteiger partial charge is 0.259 e. The van der Waals surface area contributed by atoms with E-state index in [0.717, 1.165) is 16.8 Å². The fraction of sp³-hybridized carbons (Fsp3) is 0.263. The summed E-state index contributed by atoms with van der Waals surface area (Å²) in [5.74, 6) is 0.329. The van der Waals surface area contributed by atoms with Crippen LogP contribution in [0.25, 0.3) is 0 Å². The predicted molar refractivity (Wildman–Crippen MR) is 95.9 cm³/mol. The number of anilines is 1. The summed E-state index contributed by atoms with van der Waals surface area (Å²) in [6, 6.07) is 16.0. The van der Waals surface area contributed by atoms with Crippen LogP contribution < -0.4 is 10.7 Å². The Balaban J connectivity index is 1.79. The second-order valence-electron chi connectivity index (χ2n) is 5.84. The van der Waals surface area contributed by atoms with Crippen LogP contribution in [0.3, 0.4) is 0 Å². The van der Waals surface area contributed by atoms with E-state index in [1.807, 2.05) is 43.3 Å². The molecule has 0 unspecified atom stereocenters. The largest absolute Gasteiger partial charge is 0.376 e. The molecule has 0 aromatic heterocycles. The molecule has 0 saturated heterocycles. The van der Waals surface area contributed by atoms with Gasteiger partial charge in [0.15, 0.2) is 0 Å². The first-order valence-corrected chi connectivity index (χ1v) is 7.77. The van der Waals surface area contributed by atoms with E-state index in [1.165, 1.54) is 5.56 Å². The van der Waals surface area contributed by atoms with Gasteiger partial charge in [0, 0.05) is 5.69 Å². The zero-order valence-corrected chi connectivity index (χ0v) is 13.8. The summed E-state index contributed by atoms with van der Waals surface area (Å²) in [5, 5.41) is 7.05. The summed E-state index contributed by atoms with van der Waals surface area (Å²) in [7, 11) is 0. The number of hydrazone groups is 1. The van der Waals surface area contributed by atoms with Gasteiger partial charge < -0.3 is 5.32 Å². The number of rotatable bonds is 6. The van der Waals surface area contributed by atoms with Gasteiger partial charge in [0.1, 0.15) is 0 Å². The van der Waals surface area contributed by atoms with Crippen LogP contribution in [0.2, 0.25) is 0 Å². The molecule has 2 aromatic carbocycles. The SMILES string of the molecule is Cc1cccc(NCC(=O)NN=Cc2ccc(C(C)C)cc2)c1. The fourth-order valence-electron chi connectivity index (χ4n) is 2.12. The van der Waals surface area contributed by atoms with Crippen molar-refractivity contribution in [2.75, 3.05) is 11.9 Å². The molecule has 2 N–H and O–H groups in total. The minimum atomic E-state index is -0.179. The third-order valence-corrected chi connectivity index (χ3v) is 3.48. The van der Waals surface area contributed by atoms with Crippen molar-refractivity contribution in [3.05, 3.63) is 65.2 Å². The number of amides is 1. The Morgan fingerprint density at radius 1 is 1.17 bits per heavy atom. The fourth-order valence-corrected chi connectivity index (χ4v) is 2.12. The van der Waals surface area contributed by atoms with Gasteiger partial charge in [0.05, 0.1) is 12.8 Å². The third-order valence-electron chi connectivity index (χ3n) is 3.48. The Bertz CT molecular complexity index is 675. The van der Waals surface area contributed by atoms with Crippen LogP contribution >= 0.6 is 0 Å². The van der Waals surface area contributed by atoms with Crippen molar-refractivity contribution < 1.29 is 4.79 Å². The monoisotopic (exact) mass is 309 g/mol. The highest BCUT2D eigenvalue weighted by molar-refractivity contribution is 5.84. The van der Waals surface area contributed by atoms with E-state index in [9.17, 15) is 4.79 Å². The molecule has 2 aromatic rings. The first kappa shape index (κ1) is 16.7. The summed E-state index contributed by atoms with van der Waals surface area (Å²) in [5.41, 5.74) is 6.84. The molecule has 120 valence electrons. The van der Waals surface area contributed by atoms with Gasteiger partial charge in [-0.15, -0.1) is 0 Å². The molecule has 0 aliphatic carbocycles. The molecule has 0 radical (unpaired) electrons. The lowest BCUT2D eigenvalue weighted by Crippen LogP contribution is -2.25. The highest BCUT2D eigenvalue weighted by Crippen LogP contribution is 2.13. The van der Waals surface area contributed by atoms with Gasteiger partial charge in [-0.2, -0.15) is 5.10 Å². The lowest BCUT2D eigenvalue weighted by atomic mass is 10.0. The topological polar surface area (TPSA) is 53.5 Å². The molecular weight excluding hydrogens is 286 g/mol. The molecule has 0 heterocycles. The number of hydrogen-bond donors (Lipinski definition) is 2. The van der Waals surface area contributed by atoms with Crippen LogP contribution in [0.15, 0.2) is 53.6 Å². The summed E-state index contributed by atoms with van der Waals surface area (Å²) >= 11 is 0. The molecule has 0 fully saturated rings. The van der Waals surface area contributed by atoms with Gasteiger partial charge >= 0.3 is 0 Å². The Hall–Kier alpha value is -2.62. The van der Waals surface area contributed by atoms with Crippen LogP contribution in [-0.2, 0) is 4.79 Å². The lowest BCUT2D eigenvalue weighted by Gasteiger charge is -2.06. The van der Waals surface area contributed by atoms with E-state index in [2.05, 4.69) is 41.8 Å².